The van der Waals surface area contributed by atoms with Crippen LogP contribution in [0.15, 0.2) is 12.7 Å². The van der Waals surface area contributed by atoms with Gasteiger partial charge in [-0.2, -0.15) is 0 Å². The molecule has 1 aliphatic rings. The third kappa shape index (κ3) is 4.58. The number of carboxylic acid groups (broad SMARTS) is 1. The summed E-state index contributed by atoms with van der Waals surface area (Å²) in [5, 5.41) is 9.69. The highest BCUT2D eigenvalue weighted by molar-refractivity contribution is 5.85. The number of carbonyl (C=O) groups excluding carboxylic acids is 1. The molecule has 1 saturated carbocycles. The number of amides is 1. The zero-order valence-electron chi connectivity index (χ0n) is 13.7. The van der Waals surface area contributed by atoms with Crippen LogP contribution in [0.3, 0.4) is 0 Å². The molecule has 0 saturated heterocycles. The van der Waals surface area contributed by atoms with Crippen LogP contribution in [-0.2, 0) is 9.59 Å². The first-order valence-electron chi connectivity index (χ1n) is 7.88. The van der Waals surface area contributed by atoms with E-state index < -0.39 is 11.4 Å². The van der Waals surface area contributed by atoms with Crippen molar-refractivity contribution in [3.05, 3.63) is 12.7 Å². The Labute approximate surface area is 128 Å². The molecule has 0 spiro atoms. The van der Waals surface area contributed by atoms with E-state index in [9.17, 15) is 14.7 Å². The maximum absolute atomic E-state index is 12.7. The summed E-state index contributed by atoms with van der Waals surface area (Å²) < 4.78 is 0. The minimum atomic E-state index is -0.877. The summed E-state index contributed by atoms with van der Waals surface area (Å²) in [7, 11) is 0. The zero-order chi connectivity index (χ0) is 16.1. The molecule has 4 nitrogen and oxygen atoms in total. The molecule has 0 atom stereocenters. The standard InChI is InChI=1S/C17H29NO3/c1-5-12-18(16(2,3)4)14(19)13-17(15(20)21)10-8-6-7-9-11-17/h5H,1,6-13H2,2-4H3,(H,20,21). The summed E-state index contributed by atoms with van der Waals surface area (Å²) in [6, 6.07) is 0. The van der Waals surface area contributed by atoms with Gasteiger partial charge in [-0.15, -0.1) is 6.58 Å². The van der Waals surface area contributed by atoms with Crippen LogP contribution in [0, 0.1) is 5.41 Å². The van der Waals surface area contributed by atoms with Gasteiger partial charge in [0.25, 0.3) is 0 Å². The topological polar surface area (TPSA) is 57.6 Å². The lowest BCUT2D eigenvalue weighted by Crippen LogP contribution is -2.48. The Balaban J connectivity index is 2.93. The van der Waals surface area contributed by atoms with Crippen molar-refractivity contribution in [1.82, 2.24) is 4.90 Å². The van der Waals surface area contributed by atoms with E-state index in [1.165, 1.54) is 0 Å². The number of hydrogen-bond donors (Lipinski definition) is 1. The van der Waals surface area contributed by atoms with Crippen molar-refractivity contribution in [2.75, 3.05) is 6.54 Å². The summed E-state index contributed by atoms with van der Waals surface area (Å²) in [4.78, 5) is 26.2. The smallest absolute Gasteiger partial charge is 0.310 e. The second kappa shape index (κ2) is 7.10. The Hall–Kier alpha value is -1.32. The number of hydrogen-bond acceptors (Lipinski definition) is 2. The molecule has 21 heavy (non-hydrogen) atoms. The molecule has 0 unspecified atom stereocenters. The third-order valence-electron chi connectivity index (χ3n) is 4.43. The van der Waals surface area contributed by atoms with Gasteiger partial charge in [0.05, 0.1) is 5.41 Å². The third-order valence-corrected chi connectivity index (χ3v) is 4.43. The molecule has 0 aliphatic heterocycles. The molecule has 0 aromatic carbocycles. The van der Waals surface area contributed by atoms with Crippen LogP contribution in [0.25, 0.3) is 0 Å². The molecule has 1 N–H and O–H groups in total. The highest BCUT2D eigenvalue weighted by atomic mass is 16.4. The number of aliphatic carboxylic acids is 1. The average Bonchev–Trinajstić information content (AvgIpc) is 2.61. The van der Waals surface area contributed by atoms with E-state index in [1.54, 1.807) is 11.0 Å². The zero-order valence-corrected chi connectivity index (χ0v) is 13.7. The fourth-order valence-electron chi connectivity index (χ4n) is 3.14. The molecule has 1 fully saturated rings. The van der Waals surface area contributed by atoms with Gasteiger partial charge in [0.2, 0.25) is 5.91 Å². The van der Waals surface area contributed by atoms with Crippen LogP contribution in [0.5, 0.6) is 0 Å². The van der Waals surface area contributed by atoms with E-state index >= 15 is 0 Å². The quantitative estimate of drug-likeness (QED) is 0.622. The van der Waals surface area contributed by atoms with Crippen molar-refractivity contribution in [3.63, 3.8) is 0 Å². The van der Waals surface area contributed by atoms with Crippen LogP contribution in [0.1, 0.15) is 65.7 Å². The lowest BCUT2D eigenvalue weighted by molar-refractivity contribution is -0.156. The van der Waals surface area contributed by atoms with Crippen LogP contribution < -0.4 is 0 Å². The van der Waals surface area contributed by atoms with E-state index in [2.05, 4.69) is 6.58 Å². The predicted molar refractivity (Wildman–Crippen MR) is 84.1 cm³/mol. The minimum Gasteiger partial charge on any atom is -0.481 e. The SMILES string of the molecule is C=CCN(C(=O)CC1(C(=O)O)CCCCCC1)C(C)(C)C. The van der Waals surface area contributed by atoms with Crippen molar-refractivity contribution in [2.24, 2.45) is 5.41 Å². The molecule has 0 radical (unpaired) electrons. The first kappa shape index (κ1) is 17.7. The van der Waals surface area contributed by atoms with Gasteiger partial charge in [-0.3, -0.25) is 9.59 Å². The normalized spacial score (nSPS) is 18.6. The summed E-state index contributed by atoms with van der Waals surface area (Å²) in [5.74, 6) is -0.892. The monoisotopic (exact) mass is 295 g/mol. The molecule has 0 bridgehead atoms. The van der Waals surface area contributed by atoms with Gasteiger partial charge in [0.1, 0.15) is 0 Å². The second-order valence-corrected chi connectivity index (χ2v) is 7.14. The van der Waals surface area contributed by atoms with Gasteiger partial charge in [0.15, 0.2) is 0 Å². The van der Waals surface area contributed by atoms with E-state index in [0.29, 0.717) is 19.4 Å². The molecule has 0 aromatic heterocycles. The van der Waals surface area contributed by atoms with Gasteiger partial charge in [-0.25, -0.2) is 0 Å². The fourth-order valence-corrected chi connectivity index (χ4v) is 3.14. The number of nitrogens with zero attached hydrogens (tertiary/aromatic N) is 1. The Morgan fingerprint density at radius 1 is 1.19 bits per heavy atom. The fraction of sp³-hybridized carbons (Fsp3) is 0.765. The van der Waals surface area contributed by atoms with Crippen molar-refractivity contribution in [1.29, 1.82) is 0 Å². The molecular formula is C17H29NO3. The Morgan fingerprint density at radius 2 is 1.71 bits per heavy atom. The van der Waals surface area contributed by atoms with Gasteiger partial charge in [-0.1, -0.05) is 31.8 Å². The highest BCUT2D eigenvalue weighted by Crippen LogP contribution is 2.39. The summed E-state index contributed by atoms with van der Waals surface area (Å²) in [6.07, 6.45) is 6.96. The maximum Gasteiger partial charge on any atom is 0.310 e. The molecule has 120 valence electrons. The second-order valence-electron chi connectivity index (χ2n) is 7.14. The Kier molecular flexibility index (Phi) is 5.99. The van der Waals surface area contributed by atoms with E-state index in [4.69, 9.17) is 0 Å². The average molecular weight is 295 g/mol. The lowest BCUT2D eigenvalue weighted by atomic mass is 9.77. The maximum atomic E-state index is 12.7. The molecule has 4 heteroatoms. The molecule has 1 rings (SSSR count). The van der Waals surface area contributed by atoms with Crippen molar-refractivity contribution >= 4 is 11.9 Å². The summed E-state index contributed by atoms with van der Waals surface area (Å²) in [6.45, 7) is 10.1. The van der Waals surface area contributed by atoms with Gasteiger partial charge >= 0.3 is 5.97 Å². The first-order chi connectivity index (χ1) is 9.73. The van der Waals surface area contributed by atoms with Crippen molar-refractivity contribution in [2.45, 2.75) is 71.3 Å². The van der Waals surface area contributed by atoms with Gasteiger partial charge < -0.3 is 10.0 Å². The van der Waals surface area contributed by atoms with E-state index in [0.717, 1.165) is 25.7 Å². The highest BCUT2D eigenvalue weighted by Gasteiger charge is 2.42. The molecule has 1 aliphatic carbocycles. The van der Waals surface area contributed by atoms with Crippen LogP contribution in [0.2, 0.25) is 0 Å². The number of rotatable bonds is 5. The Morgan fingerprint density at radius 3 is 2.10 bits per heavy atom. The molecule has 1 amide bonds. The van der Waals surface area contributed by atoms with Crippen LogP contribution in [-0.4, -0.2) is 34.0 Å². The Bertz CT molecular complexity index is 387. The van der Waals surface area contributed by atoms with E-state index in [-0.39, 0.29) is 17.9 Å². The van der Waals surface area contributed by atoms with E-state index in [1.807, 2.05) is 20.8 Å². The molecular weight excluding hydrogens is 266 g/mol. The predicted octanol–water partition coefficient (Wildman–Crippen LogP) is 3.61. The summed E-state index contributed by atoms with van der Waals surface area (Å²) >= 11 is 0. The largest absolute Gasteiger partial charge is 0.481 e. The van der Waals surface area contributed by atoms with Crippen molar-refractivity contribution < 1.29 is 14.7 Å². The minimum absolute atomic E-state index is 0.0771. The van der Waals surface area contributed by atoms with Gasteiger partial charge in [0, 0.05) is 18.5 Å². The first-order valence-corrected chi connectivity index (χ1v) is 7.88. The number of carbonyl (C=O) groups is 2. The van der Waals surface area contributed by atoms with Crippen LogP contribution >= 0.6 is 0 Å². The molecule has 0 aromatic rings. The summed E-state index contributed by atoms with van der Waals surface area (Å²) in [5.41, 5.74) is -1.20. The molecule has 0 heterocycles. The van der Waals surface area contributed by atoms with Crippen molar-refractivity contribution in [3.8, 4) is 0 Å². The van der Waals surface area contributed by atoms with Crippen LogP contribution in [0.4, 0.5) is 0 Å². The lowest BCUT2D eigenvalue weighted by Gasteiger charge is -2.38. The van der Waals surface area contributed by atoms with Gasteiger partial charge in [-0.05, 0) is 33.6 Å². The number of carboxylic acids is 1.